The molecule has 144 valence electrons. The maximum absolute atomic E-state index is 12.2. The number of hydrogen-bond donors (Lipinski definition) is 2. The molecule has 5 nitrogen and oxygen atoms in total. The molecular formula is C20H30ClN3O2. The van der Waals surface area contributed by atoms with Crippen molar-refractivity contribution in [1.29, 1.82) is 0 Å². The Balaban J connectivity index is 1.37. The first-order valence-corrected chi connectivity index (χ1v) is 10.2. The smallest absolute Gasteiger partial charge is 0.315 e. The predicted molar refractivity (Wildman–Crippen MR) is 105 cm³/mol. The second-order valence-corrected chi connectivity index (χ2v) is 7.74. The number of nitrogens with one attached hydrogen (secondary N) is 2. The van der Waals surface area contributed by atoms with Crippen LogP contribution in [0.2, 0.25) is 5.02 Å². The molecule has 0 aliphatic carbocycles. The van der Waals surface area contributed by atoms with Crippen LogP contribution in [0.5, 0.6) is 5.75 Å². The van der Waals surface area contributed by atoms with E-state index in [0.717, 1.165) is 31.4 Å². The number of nitrogens with zero attached hydrogens (tertiary/aromatic N) is 1. The number of likely N-dealkylation sites (tertiary alicyclic amines) is 1. The molecule has 2 heterocycles. The number of halogens is 1. The summed E-state index contributed by atoms with van der Waals surface area (Å²) in [6.45, 7) is 5.95. The second-order valence-electron chi connectivity index (χ2n) is 7.34. The van der Waals surface area contributed by atoms with Crippen LogP contribution in [-0.4, -0.2) is 43.2 Å². The highest BCUT2D eigenvalue weighted by Crippen LogP contribution is 2.37. The maximum Gasteiger partial charge on any atom is 0.315 e. The van der Waals surface area contributed by atoms with Gasteiger partial charge in [-0.3, -0.25) is 0 Å². The Bertz CT molecular complexity index is 611. The number of benzene rings is 1. The van der Waals surface area contributed by atoms with E-state index in [1.165, 1.54) is 25.8 Å². The van der Waals surface area contributed by atoms with Crippen LogP contribution in [0.1, 0.15) is 57.1 Å². The molecule has 0 radical (unpaired) electrons. The molecule has 26 heavy (non-hydrogen) atoms. The number of para-hydroxylation sites is 1. The van der Waals surface area contributed by atoms with E-state index in [1.54, 1.807) is 0 Å². The number of carbonyl (C=O) groups is 1. The number of hydrogen-bond acceptors (Lipinski definition) is 3. The van der Waals surface area contributed by atoms with Gasteiger partial charge in [0.2, 0.25) is 0 Å². The van der Waals surface area contributed by atoms with Gasteiger partial charge >= 0.3 is 6.03 Å². The van der Waals surface area contributed by atoms with Crippen molar-refractivity contribution in [2.45, 2.75) is 57.5 Å². The molecular weight excluding hydrogens is 350 g/mol. The van der Waals surface area contributed by atoms with Crippen molar-refractivity contribution in [3.8, 4) is 5.75 Å². The third-order valence-corrected chi connectivity index (χ3v) is 5.73. The Morgan fingerprint density at radius 2 is 2.19 bits per heavy atom. The molecule has 2 amide bonds. The largest absolute Gasteiger partial charge is 0.492 e. The van der Waals surface area contributed by atoms with Gasteiger partial charge in [-0.2, -0.15) is 0 Å². The van der Waals surface area contributed by atoms with Crippen molar-refractivity contribution in [2.24, 2.45) is 0 Å². The van der Waals surface area contributed by atoms with E-state index in [0.29, 0.717) is 30.0 Å². The average Bonchev–Trinajstić information content (AvgIpc) is 2.64. The summed E-state index contributed by atoms with van der Waals surface area (Å²) in [4.78, 5) is 14.8. The Labute approximate surface area is 161 Å². The van der Waals surface area contributed by atoms with E-state index in [1.807, 2.05) is 18.2 Å². The van der Waals surface area contributed by atoms with Gasteiger partial charge in [-0.15, -0.1) is 0 Å². The van der Waals surface area contributed by atoms with Crippen molar-refractivity contribution in [3.05, 3.63) is 28.8 Å². The van der Waals surface area contributed by atoms with Crippen LogP contribution >= 0.6 is 11.6 Å². The summed E-state index contributed by atoms with van der Waals surface area (Å²) in [7, 11) is 0. The fraction of sp³-hybridized carbons (Fsp3) is 0.650. The number of ether oxygens (including phenoxy) is 1. The summed E-state index contributed by atoms with van der Waals surface area (Å²) >= 11 is 6.18. The summed E-state index contributed by atoms with van der Waals surface area (Å²) < 4.78 is 5.64. The van der Waals surface area contributed by atoms with Crippen LogP contribution in [-0.2, 0) is 0 Å². The van der Waals surface area contributed by atoms with E-state index in [4.69, 9.17) is 16.3 Å². The van der Waals surface area contributed by atoms with E-state index >= 15 is 0 Å². The quantitative estimate of drug-likeness (QED) is 0.731. The number of piperidine rings is 1. The Morgan fingerprint density at radius 1 is 1.31 bits per heavy atom. The molecule has 6 heteroatoms. The number of fused-ring (bicyclic) bond motifs is 1. The molecule has 0 spiro atoms. The lowest BCUT2D eigenvalue weighted by atomic mass is 10.0. The first kappa shape index (κ1) is 19.3. The molecule has 0 bridgehead atoms. The Morgan fingerprint density at radius 3 is 3.04 bits per heavy atom. The third kappa shape index (κ3) is 5.04. The molecule has 0 saturated carbocycles. The van der Waals surface area contributed by atoms with Crippen molar-refractivity contribution < 1.29 is 9.53 Å². The highest BCUT2D eigenvalue weighted by atomic mass is 35.5. The van der Waals surface area contributed by atoms with Crippen molar-refractivity contribution in [3.63, 3.8) is 0 Å². The number of urea groups is 1. The van der Waals surface area contributed by atoms with E-state index in [9.17, 15) is 4.79 Å². The molecule has 2 atom stereocenters. The van der Waals surface area contributed by atoms with E-state index in [2.05, 4.69) is 22.5 Å². The molecule has 2 aliphatic rings. The molecule has 2 N–H and O–H groups in total. The molecule has 0 unspecified atom stereocenters. The van der Waals surface area contributed by atoms with Crippen molar-refractivity contribution >= 4 is 17.6 Å². The van der Waals surface area contributed by atoms with Crippen LogP contribution in [0, 0.1) is 0 Å². The van der Waals surface area contributed by atoms with E-state index in [-0.39, 0.29) is 12.1 Å². The third-order valence-electron chi connectivity index (χ3n) is 5.43. The average molecular weight is 380 g/mol. The lowest BCUT2D eigenvalue weighted by molar-refractivity contribution is 0.158. The number of unbranched alkanes of at least 4 members (excludes halogenated alkanes) is 1. The highest BCUT2D eigenvalue weighted by Gasteiger charge is 2.24. The van der Waals surface area contributed by atoms with Crippen LogP contribution in [0.15, 0.2) is 18.2 Å². The van der Waals surface area contributed by atoms with Gasteiger partial charge in [-0.1, -0.05) is 30.2 Å². The minimum absolute atomic E-state index is 0.0494. The first-order valence-electron chi connectivity index (χ1n) is 9.85. The molecule has 2 aliphatic heterocycles. The number of rotatable bonds is 6. The van der Waals surface area contributed by atoms with Gasteiger partial charge in [0.1, 0.15) is 5.75 Å². The van der Waals surface area contributed by atoms with Crippen LogP contribution in [0.3, 0.4) is 0 Å². The SMILES string of the molecule is C[C@@H]1CCCCN1CCCCNC(=O)N[C@@H]1CCOc2c(Cl)cccc21. The van der Waals surface area contributed by atoms with Gasteiger partial charge < -0.3 is 20.3 Å². The van der Waals surface area contributed by atoms with Crippen LogP contribution < -0.4 is 15.4 Å². The van der Waals surface area contributed by atoms with E-state index < -0.39 is 0 Å². The lowest BCUT2D eigenvalue weighted by Crippen LogP contribution is -2.40. The molecule has 1 saturated heterocycles. The Kier molecular flexibility index (Phi) is 7.03. The monoisotopic (exact) mass is 379 g/mol. The number of amides is 2. The summed E-state index contributed by atoms with van der Waals surface area (Å²) in [5.41, 5.74) is 0.956. The van der Waals surface area contributed by atoms with Gasteiger partial charge in [0.05, 0.1) is 17.7 Å². The van der Waals surface area contributed by atoms with Crippen molar-refractivity contribution in [2.75, 3.05) is 26.2 Å². The second kappa shape index (κ2) is 9.47. The summed E-state index contributed by atoms with van der Waals surface area (Å²) in [6.07, 6.45) is 6.89. The molecule has 3 rings (SSSR count). The zero-order chi connectivity index (χ0) is 18.4. The predicted octanol–water partition coefficient (Wildman–Crippen LogP) is 4.12. The van der Waals surface area contributed by atoms with Gasteiger partial charge in [-0.05, 0) is 51.8 Å². The fourth-order valence-corrected chi connectivity index (χ4v) is 4.11. The Hall–Kier alpha value is -1.46. The molecule has 1 aromatic rings. The van der Waals surface area contributed by atoms with Gasteiger partial charge in [-0.25, -0.2) is 4.79 Å². The van der Waals surface area contributed by atoms with Gasteiger partial charge in [0.25, 0.3) is 0 Å². The van der Waals surface area contributed by atoms with Crippen molar-refractivity contribution in [1.82, 2.24) is 15.5 Å². The van der Waals surface area contributed by atoms with Crippen LogP contribution in [0.25, 0.3) is 0 Å². The van der Waals surface area contributed by atoms with Gasteiger partial charge in [0.15, 0.2) is 0 Å². The zero-order valence-electron chi connectivity index (χ0n) is 15.6. The summed E-state index contributed by atoms with van der Waals surface area (Å²) in [6, 6.07) is 6.21. The lowest BCUT2D eigenvalue weighted by Gasteiger charge is -2.33. The topological polar surface area (TPSA) is 53.6 Å². The standard InChI is InChI=1S/C20H30ClN3O2/c1-15-7-2-4-12-24(15)13-5-3-11-22-20(25)23-18-10-14-26-19-16(18)8-6-9-17(19)21/h6,8-9,15,18H,2-5,7,10-14H2,1H3,(H2,22,23,25)/t15-,18-/m1/s1. The minimum Gasteiger partial charge on any atom is -0.492 e. The fourth-order valence-electron chi connectivity index (χ4n) is 3.88. The zero-order valence-corrected chi connectivity index (χ0v) is 16.4. The molecule has 1 aromatic carbocycles. The summed E-state index contributed by atoms with van der Waals surface area (Å²) in [5, 5.41) is 6.63. The molecule has 0 aromatic heterocycles. The van der Waals surface area contributed by atoms with Crippen LogP contribution in [0.4, 0.5) is 4.79 Å². The maximum atomic E-state index is 12.2. The number of carbonyl (C=O) groups excluding carboxylic acids is 1. The molecule has 1 fully saturated rings. The minimum atomic E-state index is -0.117. The van der Waals surface area contributed by atoms with Gasteiger partial charge in [0, 0.05) is 24.6 Å². The summed E-state index contributed by atoms with van der Waals surface area (Å²) in [5.74, 6) is 0.696. The normalized spacial score (nSPS) is 23.0. The highest BCUT2D eigenvalue weighted by molar-refractivity contribution is 6.32. The first-order chi connectivity index (χ1) is 12.6.